The van der Waals surface area contributed by atoms with Crippen molar-refractivity contribution in [3.63, 3.8) is 0 Å². The molecule has 1 unspecified atom stereocenters. The second-order valence-electron chi connectivity index (χ2n) is 6.60. The van der Waals surface area contributed by atoms with Gasteiger partial charge in [-0.25, -0.2) is 0 Å². The number of rotatable bonds is 3. The zero-order valence-electron chi connectivity index (χ0n) is 11.9. The van der Waals surface area contributed by atoms with E-state index in [0.717, 1.165) is 12.1 Å². The highest BCUT2D eigenvalue weighted by atomic mass is 16.3. The van der Waals surface area contributed by atoms with E-state index in [-0.39, 0.29) is 0 Å². The Kier molecular flexibility index (Phi) is 3.36. The van der Waals surface area contributed by atoms with E-state index in [1.54, 1.807) is 0 Å². The molecule has 1 aromatic carbocycles. The van der Waals surface area contributed by atoms with Gasteiger partial charge in [0.05, 0.1) is 6.26 Å². The van der Waals surface area contributed by atoms with Crippen molar-refractivity contribution in [2.75, 3.05) is 0 Å². The van der Waals surface area contributed by atoms with Crippen molar-refractivity contribution in [2.24, 2.45) is 5.41 Å². The van der Waals surface area contributed by atoms with Crippen LogP contribution in [0.1, 0.15) is 45.1 Å². The summed E-state index contributed by atoms with van der Waals surface area (Å²) in [5, 5.41) is 4.95. The molecule has 1 atom stereocenters. The minimum absolute atomic E-state index is 0.494. The third kappa shape index (κ3) is 2.84. The number of furan rings is 1. The van der Waals surface area contributed by atoms with Crippen molar-refractivity contribution >= 4 is 11.0 Å². The fourth-order valence-corrected chi connectivity index (χ4v) is 3.30. The van der Waals surface area contributed by atoms with Crippen LogP contribution in [0.4, 0.5) is 0 Å². The second kappa shape index (κ2) is 5.01. The van der Waals surface area contributed by atoms with E-state index in [1.165, 1.54) is 36.6 Å². The first-order valence-corrected chi connectivity index (χ1v) is 7.33. The van der Waals surface area contributed by atoms with Gasteiger partial charge in [0, 0.05) is 23.5 Å². The van der Waals surface area contributed by atoms with Crippen molar-refractivity contribution < 1.29 is 4.42 Å². The SMILES string of the molecule is CC1(C)CCCC(NCc2coc3ccccc23)C1. The lowest BCUT2D eigenvalue weighted by molar-refractivity contribution is 0.198. The Balaban J connectivity index is 1.66. The largest absolute Gasteiger partial charge is 0.464 e. The minimum atomic E-state index is 0.494. The van der Waals surface area contributed by atoms with Gasteiger partial charge in [-0.3, -0.25) is 0 Å². The summed E-state index contributed by atoms with van der Waals surface area (Å²) in [5.74, 6) is 0. The van der Waals surface area contributed by atoms with Crippen LogP contribution in [0.25, 0.3) is 11.0 Å². The maximum atomic E-state index is 5.59. The van der Waals surface area contributed by atoms with Gasteiger partial charge in [0.2, 0.25) is 0 Å². The molecule has 0 saturated heterocycles. The summed E-state index contributed by atoms with van der Waals surface area (Å²) in [7, 11) is 0. The van der Waals surface area contributed by atoms with E-state index < -0.39 is 0 Å². The second-order valence-corrected chi connectivity index (χ2v) is 6.60. The summed E-state index contributed by atoms with van der Waals surface area (Å²) in [6.45, 7) is 5.68. The number of hydrogen-bond donors (Lipinski definition) is 1. The van der Waals surface area contributed by atoms with Crippen molar-refractivity contribution in [1.29, 1.82) is 0 Å². The molecule has 1 fully saturated rings. The summed E-state index contributed by atoms with van der Waals surface area (Å²) < 4.78 is 5.59. The third-order valence-electron chi connectivity index (χ3n) is 4.35. The van der Waals surface area contributed by atoms with Gasteiger partial charge in [-0.1, -0.05) is 38.5 Å². The molecule has 3 rings (SSSR count). The maximum absolute atomic E-state index is 5.59. The van der Waals surface area contributed by atoms with Gasteiger partial charge in [0.1, 0.15) is 5.58 Å². The molecule has 1 saturated carbocycles. The van der Waals surface area contributed by atoms with Crippen molar-refractivity contribution in [3.8, 4) is 0 Å². The molecule has 0 spiro atoms. The number of hydrogen-bond acceptors (Lipinski definition) is 2. The fraction of sp³-hybridized carbons (Fsp3) is 0.529. The predicted molar refractivity (Wildman–Crippen MR) is 79.1 cm³/mol. The molecule has 0 radical (unpaired) electrons. The Labute approximate surface area is 115 Å². The molecule has 1 N–H and O–H groups in total. The van der Waals surface area contributed by atoms with E-state index in [0.29, 0.717) is 11.5 Å². The van der Waals surface area contributed by atoms with Crippen molar-refractivity contribution in [3.05, 3.63) is 36.1 Å². The standard InChI is InChI=1S/C17H23NO/c1-17(2)9-5-6-14(10-17)18-11-13-12-19-16-8-4-3-7-15(13)16/h3-4,7-8,12,14,18H,5-6,9-11H2,1-2H3. The monoisotopic (exact) mass is 257 g/mol. The molecule has 1 aromatic heterocycles. The van der Waals surface area contributed by atoms with Crippen molar-refractivity contribution in [2.45, 2.75) is 52.1 Å². The summed E-state index contributed by atoms with van der Waals surface area (Å²) in [6.07, 6.45) is 7.18. The Hall–Kier alpha value is -1.28. The quantitative estimate of drug-likeness (QED) is 0.876. The molecule has 1 aliphatic rings. The summed E-state index contributed by atoms with van der Waals surface area (Å²) >= 11 is 0. The van der Waals surface area contributed by atoms with Gasteiger partial charge >= 0.3 is 0 Å². The first kappa shape index (κ1) is 12.7. The van der Waals surface area contributed by atoms with Crippen LogP contribution in [0.3, 0.4) is 0 Å². The van der Waals surface area contributed by atoms with Gasteiger partial charge in [-0.2, -0.15) is 0 Å². The lowest BCUT2D eigenvalue weighted by atomic mass is 9.75. The molecule has 1 aliphatic carbocycles. The highest BCUT2D eigenvalue weighted by molar-refractivity contribution is 5.80. The van der Waals surface area contributed by atoms with Crippen LogP contribution >= 0.6 is 0 Å². The van der Waals surface area contributed by atoms with Crippen LogP contribution in [0.15, 0.2) is 34.9 Å². The van der Waals surface area contributed by atoms with Crippen LogP contribution in [-0.2, 0) is 6.54 Å². The molecule has 2 heteroatoms. The maximum Gasteiger partial charge on any atom is 0.134 e. The van der Waals surface area contributed by atoms with Crippen LogP contribution in [-0.4, -0.2) is 6.04 Å². The molecule has 2 aromatic rings. The van der Waals surface area contributed by atoms with Crippen LogP contribution in [0.2, 0.25) is 0 Å². The number of benzene rings is 1. The van der Waals surface area contributed by atoms with E-state index in [4.69, 9.17) is 4.42 Å². The van der Waals surface area contributed by atoms with E-state index in [2.05, 4.69) is 31.3 Å². The highest BCUT2D eigenvalue weighted by Crippen LogP contribution is 2.35. The first-order chi connectivity index (χ1) is 9.14. The topological polar surface area (TPSA) is 25.2 Å². The van der Waals surface area contributed by atoms with E-state index >= 15 is 0 Å². The number of nitrogens with one attached hydrogen (secondary N) is 1. The van der Waals surface area contributed by atoms with E-state index in [9.17, 15) is 0 Å². The Morgan fingerprint density at radius 3 is 3.00 bits per heavy atom. The summed E-state index contributed by atoms with van der Waals surface area (Å²) in [5.41, 5.74) is 2.76. The zero-order chi connectivity index (χ0) is 13.3. The molecule has 0 aliphatic heterocycles. The Morgan fingerprint density at radius 2 is 2.16 bits per heavy atom. The minimum Gasteiger partial charge on any atom is -0.464 e. The highest BCUT2D eigenvalue weighted by Gasteiger charge is 2.27. The van der Waals surface area contributed by atoms with Gasteiger partial charge in [0.25, 0.3) is 0 Å². The molecule has 2 nitrogen and oxygen atoms in total. The lowest BCUT2D eigenvalue weighted by Crippen LogP contribution is -2.36. The van der Waals surface area contributed by atoms with E-state index in [1.807, 2.05) is 18.4 Å². The van der Waals surface area contributed by atoms with Gasteiger partial charge in [-0.15, -0.1) is 0 Å². The lowest BCUT2D eigenvalue weighted by Gasteiger charge is -2.35. The summed E-state index contributed by atoms with van der Waals surface area (Å²) in [4.78, 5) is 0. The predicted octanol–water partition coefficient (Wildman–Crippen LogP) is 4.49. The molecule has 0 bridgehead atoms. The molecule has 0 amide bonds. The zero-order valence-corrected chi connectivity index (χ0v) is 11.9. The Bertz CT molecular complexity index is 555. The number of fused-ring (bicyclic) bond motifs is 1. The van der Waals surface area contributed by atoms with Gasteiger partial charge in [0.15, 0.2) is 0 Å². The average molecular weight is 257 g/mol. The summed E-state index contributed by atoms with van der Waals surface area (Å²) in [6, 6.07) is 8.92. The van der Waals surface area contributed by atoms with Crippen LogP contribution in [0, 0.1) is 5.41 Å². The van der Waals surface area contributed by atoms with Gasteiger partial charge in [-0.05, 0) is 30.7 Å². The van der Waals surface area contributed by atoms with Crippen molar-refractivity contribution in [1.82, 2.24) is 5.32 Å². The molecular formula is C17H23NO. The first-order valence-electron chi connectivity index (χ1n) is 7.33. The molecule has 102 valence electrons. The fourth-order valence-electron chi connectivity index (χ4n) is 3.30. The van der Waals surface area contributed by atoms with Crippen LogP contribution in [0.5, 0.6) is 0 Å². The molecule has 19 heavy (non-hydrogen) atoms. The molecule has 1 heterocycles. The van der Waals surface area contributed by atoms with Crippen LogP contribution < -0.4 is 5.32 Å². The third-order valence-corrected chi connectivity index (χ3v) is 4.35. The molecular weight excluding hydrogens is 234 g/mol. The smallest absolute Gasteiger partial charge is 0.134 e. The normalized spacial score (nSPS) is 22.7. The van der Waals surface area contributed by atoms with Gasteiger partial charge < -0.3 is 9.73 Å². The average Bonchev–Trinajstić information content (AvgIpc) is 2.78. The Morgan fingerprint density at radius 1 is 1.32 bits per heavy atom. The number of para-hydroxylation sites is 1.